The van der Waals surface area contributed by atoms with Crippen LogP contribution < -0.4 is 5.32 Å². The van der Waals surface area contributed by atoms with E-state index in [-0.39, 0.29) is 11.9 Å². The molecule has 1 aromatic carbocycles. The highest BCUT2D eigenvalue weighted by molar-refractivity contribution is 5.92. The van der Waals surface area contributed by atoms with E-state index in [0.29, 0.717) is 5.69 Å². The number of rotatable bonds is 4. The van der Waals surface area contributed by atoms with E-state index < -0.39 is 0 Å². The standard InChI is InChI=1S/C21H22N4O/c1-15-7-5-11-19(23-15)21(26)24-18-10-6-12-20-17(18)13-22-25(20)14-16-8-3-2-4-9-16/h2-5,7-9,11,13,18H,6,10,12,14H2,1H3,(H,24,26)/t18-/m1/s1. The van der Waals surface area contributed by atoms with Gasteiger partial charge in [0.25, 0.3) is 5.91 Å². The average Bonchev–Trinajstić information content (AvgIpc) is 3.06. The van der Waals surface area contributed by atoms with E-state index in [1.807, 2.05) is 43.5 Å². The Bertz CT molecular complexity index is 917. The smallest absolute Gasteiger partial charge is 0.270 e. The van der Waals surface area contributed by atoms with Crippen molar-refractivity contribution in [3.63, 3.8) is 0 Å². The lowest BCUT2D eigenvalue weighted by molar-refractivity contribution is 0.0927. The predicted molar refractivity (Wildman–Crippen MR) is 99.9 cm³/mol. The third kappa shape index (κ3) is 3.38. The Hall–Kier alpha value is -2.95. The van der Waals surface area contributed by atoms with Gasteiger partial charge in [-0.2, -0.15) is 5.10 Å². The largest absolute Gasteiger partial charge is 0.344 e. The van der Waals surface area contributed by atoms with Crippen LogP contribution in [0.4, 0.5) is 0 Å². The van der Waals surface area contributed by atoms with E-state index in [2.05, 4.69) is 32.2 Å². The minimum absolute atomic E-state index is 0.00177. The quantitative estimate of drug-likeness (QED) is 0.787. The lowest BCUT2D eigenvalue weighted by Gasteiger charge is -2.24. The van der Waals surface area contributed by atoms with Crippen molar-refractivity contribution in [1.82, 2.24) is 20.1 Å². The lowest BCUT2D eigenvalue weighted by Crippen LogP contribution is -2.31. The second-order valence-electron chi connectivity index (χ2n) is 6.77. The van der Waals surface area contributed by atoms with Crippen LogP contribution in [0.5, 0.6) is 0 Å². The zero-order valence-electron chi connectivity index (χ0n) is 14.9. The van der Waals surface area contributed by atoms with Crippen LogP contribution in [-0.4, -0.2) is 20.7 Å². The van der Waals surface area contributed by atoms with Gasteiger partial charge in [-0.25, -0.2) is 4.98 Å². The number of hydrogen-bond acceptors (Lipinski definition) is 3. The molecule has 0 spiro atoms. The molecule has 1 aliphatic rings. The van der Waals surface area contributed by atoms with Gasteiger partial charge in [0.05, 0.1) is 18.8 Å². The fourth-order valence-electron chi connectivity index (χ4n) is 3.56. The van der Waals surface area contributed by atoms with Crippen molar-refractivity contribution < 1.29 is 4.79 Å². The van der Waals surface area contributed by atoms with Crippen LogP contribution in [0.3, 0.4) is 0 Å². The number of hydrogen-bond donors (Lipinski definition) is 1. The van der Waals surface area contributed by atoms with Gasteiger partial charge in [0.1, 0.15) is 5.69 Å². The summed E-state index contributed by atoms with van der Waals surface area (Å²) in [6, 6.07) is 15.8. The van der Waals surface area contributed by atoms with Crippen molar-refractivity contribution >= 4 is 5.91 Å². The molecule has 1 aliphatic carbocycles. The van der Waals surface area contributed by atoms with Crippen molar-refractivity contribution in [2.24, 2.45) is 0 Å². The molecule has 5 heteroatoms. The number of nitrogens with zero attached hydrogens (tertiary/aromatic N) is 3. The molecule has 1 N–H and O–H groups in total. The normalized spacial score (nSPS) is 16.1. The summed E-state index contributed by atoms with van der Waals surface area (Å²) < 4.78 is 2.06. The van der Waals surface area contributed by atoms with Crippen molar-refractivity contribution in [3.8, 4) is 0 Å². The first-order chi connectivity index (χ1) is 12.7. The van der Waals surface area contributed by atoms with Crippen LogP contribution in [0.15, 0.2) is 54.7 Å². The number of pyridine rings is 1. The fourth-order valence-corrected chi connectivity index (χ4v) is 3.56. The molecule has 0 unspecified atom stereocenters. The minimum atomic E-state index is -0.123. The van der Waals surface area contributed by atoms with Crippen LogP contribution in [0.2, 0.25) is 0 Å². The van der Waals surface area contributed by atoms with Gasteiger partial charge in [-0.15, -0.1) is 0 Å². The molecule has 2 aromatic heterocycles. The van der Waals surface area contributed by atoms with E-state index in [1.165, 1.54) is 11.3 Å². The van der Waals surface area contributed by atoms with E-state index in [4.69, 9.17) is 0 Å². The Morgan fingerprint density at radius 3 is 2.85 bits per heavy atom. The number of nitrogens with one attached hydrogen (secondary N) is 1. The van der Waals surface area contributed by atoms with Gasteiger partial charge in [-0.3, -0.25) is 9.48 Å². The van der Waals surface area contributed by atoms with Gasteiger partial charge in [0.2, 0.25) is 0 Å². The molecule has 2 heterocycles. The van der Waals surface area contributed by atoms with Crippen LogP contribution in [0, 0.1) is 6.92 Å². The summed E-state index contributed by atoms with van der Waals surface area (Å²) in [6.45, 7) is 2.65. The summed E-state index contributed by atoms with van der Waals surface area (Å²) in [6.07, 6.45) is 4.88. The number of aromatic nitrogens is 3. The van der Waals surface area contributed by atoms with Crippen LogP contribution in [-0.2, 0) is 13.0 Å². The van der Waals surface area contributed by atoms with Crippen molar-refractivity contribution in [2.75, 3.05) is 0 Å². The monoisotopic (exact) mass is 346 g/mol. The van der Waals surface area contributed by atoms with Crippen molar-refractivity contribution in [2.45, 2.75) is 38.8 Å². The zero-order chi connectivity index (χ0) is 17.9. The van der Waals surface area contributed by atoms with Crippen LogP contribution in [0.1, 0.15) is 51.9 Å². The Morgan fingerprint density at radius 1 is 1.19 bits per heavy atom. The summed E-state index contributed by atoms with van der Waals surface area (Å²) in [5.41, 5.74) is 4.90. The Kier molecular flexibility index (Phi) is 4.52. The lowest BCUT2D eigenvalue weighted by atomic mass is 9.92. The first-order valence-electron chi connectivity index (χ1n) is 9.04. The molecule has 132 valence electrons. The molecular formula is C21H22N4O. The van der Waals surface area contributed by atoms with Gasteiger partial charge in [-0.1, -0.05) is 36.4 Å². The molecule has 1 atom stereocenters. The van der Waals surface area contributed by atoms with Crippen molar-refractivity contribution in [1.29, 1.82) is 0 Å². The predicted octanol–water partition coefficient (Wildman–Crippen LogP) is 3.44. The fraction of sp³-hybridized carbons (Fsp3) is 0.286. The molecule has 4 rings (SSSR count). The van der Waals surface area contributed by atoms with Crippen LogP contribution in [0.25, 0.3) is 0 Å². The molecule has 0 bridgehead atoms. The SMILES string of the molecule is Cc1cccc(C(=O)N[C@@H]2CCCc3c2cnn3Cc2ccccc2)n1. The summed E-state index contributed by atoms with van der Waals surface area (Å²) in [7, 11) is 0. The van der Waals surface area contributed by atoms with E-state index in [0.717, 1.165) is 37.1 Å². The third-order valence-corrected chi connectivity index (χ3v) is 4.86. The number of fused-ring (bicyclic) bond motifs is 1. The topological polar surface area (TPSA) is 59.8 Å². The van der Waals surface area contributed by atoms with Gasteiger partial charge >= 0.3 is 0 Å². The summed E-state index contributed by atoms with van der Waals surface area (Å²) in [5.74, 6) is -0.123. The van der Waals surface area contributed by atoms with Gasteiger partial charge < -0.3 is 5.32 Å². The van der Waals surface area contributed by atoms with E-state index in [9.17, 15) is 4.79 Å². The highest BCUT2D eigenvalue weighted by Gasteiger charge is 2.26. The molecule has 0 saturated carbocycles. The molecule has 26 heavy (non-hydrogen) atoms. The minimum Gasteiger partial charge on any atom is -0.344 e. The molecular weight excluding hydrogens is 324 g/mol. The van der Waals surface area contributed by atoms with Crippen molar-refractivity contribution in [3.05, 3.63) is 82.9 Å². The first kappa shape index (κ1) is 16.5. The molecule has 5 nitrogen and oxygen atoms in total. The summed E-state index contributed by atoms with van der Waals surface area (Å²) in [5, 5.41) is 7.73. The molecule has 0 fully saturated rings. The second kappa shape index (κ2) is 7.12. The van der Waals surface area contributed by atoms with Crippen LogP contribution >= 0.6 is 0 Å². The molecule has 0 saturated heterocycles. The maximum absolute atomic E-state index is 12.6. The maximum atomic E-state index is 12.6. The number of benzene rings is 1. The number of carbonyl (C=O) groups is 1. The van der Waals surface area contributed by atoms with Gasteiger partial charge in [0.15, 0.2) is 0 Å². The van der Waals surface area contributed by atoms with E-state index in [1.54, 1.807) is 6.07 Å². The Morgan fingerprint density at radius 2 is 2.04 bits per heavy atom. The molecule has 0 radical (unpaired) electrons. The summed E-state index contributed by atoms with van der Waals surface area (Å²) in [4.78, 5) is 16.9. The summed E-state index contributed by atoms with van der Waals surface area (Å²) >= 11 is 0. The van der Waals surface area contributed by atoms with Gasteiger partial charge in [0, 0.05) is 17.0 Å². The van der Waals surface area contributed by atoms with Gasteiger partial charge in [-0.05, 0) is 43.9 Å². The highest BCUT2D eigenvalue weighted by Crippen LogP contribution is 2.30. The average molecular weight is 346 g/mol. The number of carbonyl (C=O) groups excluding carboxylic acids is 1. The second-order valence-corrected chi connectivity index (χ2v) is 6.77. The molecule has 1 amide bonds. The first-order valence-corrected chi connectivity index (χ1v) is 9.04. The Balaban J connectivity index is 1.53. The number of aryl methyl sites for hydroxylation is 1. The van der Waals surface area contributed by atoms with E-state index >= 15 is 0 Å². The number of amides is 1. The maximum Gasteiger partial charge on any atom is 0.270 e. The zero-order valence-corrected chi connectivity index (χ0v) is 14.9. The molecule has 0 aliphatic heterocycles. The highest BCUT2D eigenvalue weighted by atomic mass is 16.1. The third-order valence-electron chi connectivity index (χ3n) is 4.86. The molecule has 3 aromatic rings. The Labute approximate surface area is 153 Å².